The van der Waals surface area contributed by atoms with E-state index in [0.717, 1.165) is 56.2 Å². The van der Waals surface area contributed by atoms with Crippen molar-refractivity contribution in [1.29, 1.82) is 0 Å². The number of fused-ring (bicyclic) bond motifs is 1. The molecule has 0 fully saturated rings. The number of hydrogen-bond donors (Lipinski definition) is 1. The van der Waals surface area contributed by atoms with E-state index in [4.69, 9.17) is 14.2 Å². The minimum atomic E-state index is 0.637. The van der Waals surface area contributed by atoms with Crippen LogP contribution in [0.1, 0.15) is 69.1 Å². The second-order valence-corrected chi connectivity index (χ2v) is 9.87. The van der Waals surface area contributed by atoms with Gasteiger partial charge in [-0.15, -0.1) is 0 Å². The topological polar surface area (TPSA) is 43.0 Å². The molecule has 1 N–H and O–H groups in total. The second-order valence-electron chi connectivity index (χ2n) is 9.87. The summed E-state index contributed by atoms with van der Waals surface area (Å²) in [5.41, 5.74) is 4.12. The molecule has 1 atom stereocenters. The molecule has 5 nitrogen and oxygen atoms in total. The number of unbranched alkanes of at least 4 members (excludes halogenated alkanes) is 3. The zero-order valence-corrected chi connectivity index (χ0v) is 23.1. The van der Waals surface area contributed by atoms with Crippen molar-refractivity contribution >= 4 is 0 Å². The van der Waals surface area contributed by atoms with E-state index in [0.29, 0.717) is 6.04 Å². The molecular weight excluding hydrogens is 448 g/mol. The predicted molar refractivity (Wildman–Crippen MR) is 150 cm³/mol. The van der Waals surface area contributed by atoms with Gasteiger partial charge in [-0.1, -0.05) is 38.0 Å². The summed E-state index contributed by atoms with van der Waals surface area (Å²) >= 11 is 0. The van der Waals surface area contributed by atoms with E-state index in [-0.39, 0.29) is 0 Å². The highest BCUT2D eigenvalue weighted by Crippen LogP contribution is 2.38. The molecular formula is C31H48N2O3. The van der Waals surface area contributed by atoms with Crippen LogP contribution < -0.4 is 19.5 Å². The van der Waals surface area contributed by atoms with Crippen LogP contribution in [0.2, 0.25) is 0 Å². The Labute approximate surface area is 219 Å². The van der Waals surface area contributed by atoms with Gasteiger partial charge in [-0.3, -0.25) is 0 Å². The maximum atomic E-state index is 5.69. The van der Waals surface area contributed by atoms with Crippen LogP contribution in [0.3, 0.4) is 0 Å². The standard InChI is InChI=1S/C31H48N2O3/c1-5-21-33(27-15-16-29-26(24-27)14-17-30(34-3)31(29)35-4)22-10-8-7-9-19-32-20-18-25-12-11-13-28(23-25)36-6-2/h11-14,17,23,27,32H,5-10,15-16,18-22,24H2,1-4H3/t27-/m0/s1. The van der Waals surface area contributed by atoms with Gasteiger partial charge >= 0.3 is 0 Å². The Kier molecular flexibility index (Phi) is 12.4. The van der Waals surface area contributed by atoms with Gasteiger partial charge in [0.05, 0.1) is 20.8 Å². The van der Waals surface area contributed by atoms with Crippen molar-refractivity contribution in [2.75, 3.05) is 47.0 Å². The molecule has 0 amide bonds. The molecule has 0 saturated carbocycles. The maximum Gasteiger partial charge on any atom is 0.164 e. The zero-order chi connectivity index (χ0) is 25.6. The molecule has 1 aliphatic rings. The minimum absolute atomic E-state index is 0.637. The van der Waals surface area contributed by atoms with Crippen molar-refractivity contribution in [2.24, 2.45) is 0 Å². The van der Waals surface area contributed by atoms with E-state index in [1.165, 1.54) is 68.3 Å². The van der Waals surface area contributed by atoms with E-state index >= 15 is 0 Å². The molecule has 2 aromatic carbocycles. The van der Waals surface area contributed by atoms with E-state index in [1.54, 1.807) is 14.2 Å². The van der Waals surface area contributed by atoms with Gasteiger partial charge in [0, 0.05) is 11.6 Å². The molecule has 0 aromatic heterocycles. The van der Waals surface area contributed by atoms with Gasteiger partial charge in [0.1, 0.15) is 5.75 Å². The van der Waals surface area contributed by atoms with E-state index in [1.807, 2.05) is 13.0 Å². The fraction of sp³-hybridized carbons (Fsp3) is 0.613. The quantitative estimate of drug-likeness (QED) is 0.270. The Morgan fingerprint density at radius 2 is 1.81 bits per heavy atom. The fourth-order valence-electron chi connectivity index (χ4n) is 5.47. The predicted octanol–water partition coefficient (Wildman–Crippen LogP) is 6.06. The normalized spacial score (nSPS) is 15.1. The Morgan fingerprint density at radius 1 is 0.944 bits per heavy atom. The first-order chi connectivity index (χ1) is 17.7. The third-order valence-electron chi connectivity index (χ3n) is 7.30. The van der Waals surface area contributed by atoms with Crippen LogP contribution in [-0.4, -0.2) is 57.9 Å². The second kappa shape index (κ2) is 15.8. The minimum Gasteiger partial charge on any atom is -0.494 e. The Bertz CT molecular complexity index is 901. The molecule has 0 unspecified atom stereocenters. The van der Waals surface area contributed by atoms with Crippen LogP contribution in [0.25, 0.3) is 0 Å². The van der Waals surface area contributed by atoms with Crippen molar-refractivity contribution < 1.29 is 14.2 Å². The largest absolute Gasteiger partial charge is 0.494 e. The molecule has 200 valence electrons. The van der Waals surface area contributed by atoms with Gasteiger partial charge in [-0.2, -0.15) is 0 Å². The average molecular weight is 497 g/mol. The van der Waals surface area contributed by atoms with E-state index < -0.39 is 0 Å². The summed E-state index contributed by atoms with van der Waals surface area (Å²) in [6, 6.07) is 13.4. The highest BCUT2D eigenvalue weighted by molar-refractivity contribution is 5.52. The highest BCUT2D eigenvalue weighted by Gasteiger charge is 2.27. The van der Waals surface area contributed by atoms with Gasteiger partial charge in [0.15, 0.2) is 11.5 Å². The third kappa shape index (κ3) is 8.41. The van der Waals surface area contributed by atoms with Crippen molar-refractivity contribution in [3.8, 4) is 17.2 Å². The lowest BCUT2D eigenvalue weighted by Crippen LogP contribution is -2.40. The van der Waals surface area contributed by atoms with Crippen molar-refractivity contribution in [2.45, 2.75) is 77.7 Å². The monoisotopic (exact) mass is 496 g/mol. The number of nitrogens with one attached hydrogen (secondary N) is 1. The Morgan fingerprint density at radius 3 is 2.58 bits per heavy atom. The number of hydrogen-bond acceptors (Lipinski definition) is 5. The van der Waals surface area contributed by atoms with E-state index in [2.05, 4.69) is 47.5 Å². The van der Waals surface area contributed by atoms with Crippen molar-refractivity contribution in [1.82, 2.24) is 10.2 Å². The van der Waals surface area contributed by atoms with Crippen LogP contribution in [-0.2, 0) is 19.3 Å². The molecule has 0 bridgehead atoms. The van der Waals surface area contributed by atoms with Gasteiger partial charge in [0.2, 0.25) is 0 Å². The summed E-state index contributed by atoms with van der Waals surface area (Å²) < 4.78 is 16.8. The van der Waals surface area contributed by atoms with Crippen LogP contribution >= 0.6 is 0 Å². The molecule has 1 aliphatic carbocycles. The molecule has 36 heavy (non-hydrogen) atoms. The zero-order valence-electron chi connectivity index (χ0n) is 23.1. The molecule has 3 rings (SSSR count). The summed E-state index contributed by atoms with van der Waals surface area (Å²) in [7, 11) is 3.48. The summed E-state index contributed by atoms with van der Waals surface area (Å²) in [4.78, 5) is 2.74. The average Bonchev–Trinajstić information content (AvgIpc) is 2.90. The highest BCUT2D eigenvalue weighted by atomic mass is 16.5. The van der Waals surface area contributed by atoms with E-state index in [9.17, 15) is 0 Å². The molecule has 0 radical (unpaired) electrons. The first kappa shape index (κ1) is 28.3. The number of ether oxygens (including phenoxy) is 3. The summed E-state index contributed by atoms with van der Waals surface area (Å²) in [6.45, 7) is 9.59. The van der Waals surface area contributed by atoms with Crippen LogP contribution in [0.5, 0.6) is 17.2 Å². The lowest BCUT2D eigenvalue weighted by molar-refractivity contribution is 0.175. The van der Waals surface area contributed by atoms with Crippen molar-refractivity contribution in [3.05, 3.63) is 53.1 Å². The first-order valence-corrected chi connectivity index (χ1v) is 14.1. The molecule has 0 saturated heterocycles. The Balaban J connectivity index is 1.33. The summed E-state index contributed by atoms with van der Waals surface area (Å²) in [5, 5.41) is 3.61. The molecule has 2 aromatic rings. The molecule has 5 heteroatoms. The van der Waals surface area contributed by atoms with Crippen LogP contribution in [0, 0.1) is 0 Å². The first-order valence-electron chi connectivity index (χ1n) is 14.1. The lowest BCUT2D eigenvalue weighted by atomic mass is 9.86. The number of nitrogens with zero attached hydrogens (tertiary/aromatic N) is 1. The molecule has 0 aliphatic heterocycles. The summed E-state index contributed by atoms with van der Waals surface area (Å²) in [6.07, 6.45) is 10.8. The molecule has 0 heterocycles. The van der Waals surface area contributed by atoms with Gasteiger partial charge in [0.25, 0.3) is 0 Å². The number of methoxy groups -OCH3 is 2. The lowest BCUT2D eigenvalue weighted by Gasteiger charge is -2.36. The van der Waals surface area contributed by atoms with Gasteiger partial charge in [-0.25, -0.2) is 0 Å². The number of benzene rings is 2. The fourth-order valence-corrected chi connectivity index (χ4v) is 5.47. The maximum absolute atomic E-state index is 5.69. The van der Waals surface area contributed by atoms with Gasteiger partial charge in [-0.05, 0) is 107 Å². The van der Waals surface area contributed by atoms with Crippen molar-refractivity contribution in [3.63, 3.8) is 0 Å². The molecule has 0 spiro atoms. The summed E-state index contributed by atoms with van der Waals surface area (Å²) in [5.74, 6) is 2.76. The van der Waals surface area contributed by atoms with Crippen LogP contribution in [0.4, 0.5) is 0 Å². The van der Waals surface area contributed by atoms with Crippen LogP contribution in [0.15, 0.2) is 36.4 Å². The SMILES string of the molecule is CCCN(CCCCCCNCCc1cccc(OCC)c1)[C@H]1CCc2c(ccc(OC)c2OC)C1. The Hall–Kier alpha value is -2.24. The number of rotatable bonds is 17. The van der Waals surface area contributed by atoms with Gasteiger partial charge < -0.3 is 24.4 Å². The smallest absolute Gasteiger partial charge is 0.164 e. The third-order valence-corrected chi connectivity index (χ3v) is 7.30.